The van der Waals surface area contributed by atoms with Crippen molar-refractivity contribution in [2.75, 3.05) is 10.6 Å². The molecule has 1 amide bonds. The van der Waals surface area contributed by atoms with E-state index in [0.29, 0.717) is 46.7 Å². The molecule has 0 aliphatic carbocycles. The summed E-state index contributed by atoms with van der Waals surface area (Å²) in [6.45, 7) is 8.52. The van der Waals surface area contributed by atoms with Crippen LogP contribution in [0.15, 0.2) is 110 Å². The molecule has 8 aromatic rings. The molecule has 0 radical (unpaired) electrons. The molecule has 0 unspecified atom stereocenters. The Bertz CT molecular complexity index is 2690. The number of nitrogens with two attached hydrogens (primary N) is 1. The van der Waals surface area contributed by atoms with Gasteiger partial charge in [-0.1, -0.05) is 0 Å². The number of hydrogen-bond donors (Lipinski definition) is 3. The van der Waals surface area contributed by atoms with Gasteiger partial charge in [-0.3, -0.25) is 14.8 Å². The number of amides is 1. The van der Waals surface area contributed by atoms with Crippen molar-refractivity contribution in [3.8, 4) is 28.6 Å². The third kappa shape index (κ3) is 7.78. The predicted octanol–water partition coefficient (Wildman–Crippen LogP) is 7.40. The van der Waals surface area contributed by atoms with Crippen LogP contribution in [0.1, 0.15) is 55.7 Å². The van der Waals surface area contributed by atoms with Crippen molar-refractivity contribution in [2.24, 2.45) is 5.73 Å². The van der Waals surface area contributed by atoms with Crippen LogP contribution in [0.25, 0.3) is 44.3 Å². The van der Waals surface area contributed by atoms with Gasteiger partial charge in [0.25, 0.3) is 0 Å². The Morgan fingerprint density at radius 3 is 1.65 bits per heavy atom. The molecule has 0 aliphatic heterocycles. The summed E-state index contributed by atoms with van der Waals surface area (Å²) in [5, 5.41) is 17.3. The minimum Gasteiger partial charge on any atom is -0.366 e. The molecule has 0 spiro atoms. The highest BCUT2D eigenvalue weighted by Gasteiger charge is 2.16. The van der Waals surface area contributed by atoms with Gasteiger partial charge in [0, 0.05) is 89.1 Å². The summed E-state index contributed by atoms with van der Waals surface area (Å²) in [7, 11) is 0. The number of primary amides is 1. The predicted molar refractivity (Wildman–Crippen MR) is 211 cm³/mol. The van der Waals surface area contributed by atoms with Crippen LogP contribution in [-0.4, -0.2) is 54.9 Å². The van der Waals surface area contributed by atoms with E-state index in [-0.39, 0.29) is 0 Å². The Morgan fingerprint density at radius 1 is 0.673 bits per heavy atom. The molecule has 0 aromatic carbocycles. The van der Waals surface area contributed by atoms with E-state index in [1.807, 2.05) is 36.7 Å². The number of nitrogens with zero attached hydrogens (tertiary/aromatic N) is 11. The molecule has 0 atom stereocenters. The average molecular weight is 729 g/mol. The van der Waals surface area contributed by atoms with E-state index in [0.717, 1.165) is 44.3 Å². The summed E-state index contributed by atoms with van der Waals surface area (Å²) in [6.07, 6.45) is 17.9. The monoisotopic (exact) mass is 728 g/mol. The maximum Gasteiger partial charge on any atom is 0.248 e. The standard InChI is InChI=1S/C20H19N7O.C20H17N7/c1-12(2)27-11-15(14-4-6-22-10-17(14)27)16-5-8-24-20(25-16)26-18-9-13(19(21)28)3-7-23-18;1-13(2)27-12-16(15-4-6-22-11-18(15)27)17-5-8-24-20(25-17)26-19-9-14(10-21)3-7-23-19/h3-12H,1-2H3,(H2,21,28)(H,23,24,25,26);3-9,11-13H,1-2H3,(H,23,24,25,26). The molecule has 0 saturated heterocycles. The molecule has 4 N–H and O–H groups in total. The Balaban J connectivity index is 0.000000169. The van der Waals surface area contributed by atoms with E-state index in [2.05, 4.69) is 106 Å². The van der Waals surface area contributed by atoms with E-state index < -0.39 is 5.91 Å². The molecule has 15 heteroatoms. The number of nitrogens with one attached hydrogen (secondary N) is 2. The lowest BCUT2D eigenvalue weighted by Crippen LogP contribution is -2.11. The highest BCUT2D eigenvalue weighted by Crippen LogP contribution is 2.33. The second kappa shape index (κ2) is 15.6. The first-order chi connectivity index (χ1) is 26.7. The number of hydrogen-bond acceptors (Lipinski definition) is 12. The molecular formula is C40H36N14O. The van der Waals surface area contributed by atoms with Crippen molar-refractivity contribution in [1.29, 1.82) is 5.26 Å². The molecule has 8 rings (SSSR count). The lowest BCUT2D eigenvalue weighted by molar-refractivity contribution is 0.1000. The molecule has 0 aliphatic rings. The zero-order valence-corrected chi connectivity index (χ0v) is 30.5. The average Bonchev–Trinajstić information content (AvgIpc) is 3.79. The topological polar surface area (TPSA) is 204 Å². The minimum absolute atomic E-state index is 0.292. The number of rotatable bonds is 9. The molecule has 8 aromatic heterocycles. The van der Waals surface area contributed by atoms with Gasteiger partial charge in [-0.15, -0.1) is 0 Å². The number of pyridine rings is 4. The summed E-state index contributed by atoms with van der Waals surface area (Å²) in [4.78, 5) is 46.0. The Labute approximate surface area is 316 Å². The summed E-state index contributed by atoms with van der Waals surface area (Å²) < 4.78 is 4.36. The van der Waals surface area contributed by atoms with Crippen LogP contribution in [0.3, 0.4) is 0 Å². The molecule has 0 bridgehead atoms. The lowest BCUT2D eigenvalue weighted by Gasteiger charge is -2.08. The van der Waals surface area contributed by atoms with Gasteiger partial charge in [-0.2, -0.15) is 5.26 Å². The fourth-order valence-electron chi connectivity index (χ4n) is 6.05. The number of nitriles is 1. The van der Waals surface area contributed by atoms with Crippen LogP contribution in [0.2, 0.25) is 0 Å². The molecule has 0 fully saturated rings. The zero-order valence-electron chi connectivity index (χ0n) is 30.5. The largest absolute Gasteiger partial charge is 0.366 e. The van der Waals surface area contributed by atoms with Crippen molar-refractivity contribution in [2.45, 2.75) is 39.8 Å². The van der Waals surface area contributed by atoms with Gasteiger partial charge in [0.15, 0.2) is 0 Å². The normalized spacial score (nSPS) is 11.0. The number of aromatic nitrogens is 10. The van der Waals surface area contributed by atoms with Crippen LogP contribution >= 0.6 is 0 Å². The molecular weight excluding hydrogens is 693 g/mol. The highest BCUT2D eigenvalue weighted by molar-refractivity contribution is 5.96. The van der Waals surface area contributed by atoms with Crippen LogP contribution in [-0.2, 0) is 0 Å². The van der Waals surface area contributed by atoms with Gasteiger partial charge in [-0.05, 0) is 76.2 Å². The van der Waals surface area contributed by atoms with Gasteiger partial charge in [0.2, 0.25) is 17.8 Å². The summed E-state index contributed by atoms with van der Waals surface area (Å²) in [5.74, 6) is 1.26. The van der Waals surface area contributed by atoms with Gasteiger partial charge in [-0.25, -0.2) is 29.9 Å². The van der Waals surface area contributed by atoms with E-state index in [9.17, 15) is 4.79 Å². The summed E-state index contributed by atoms with van der Waals surface area (Å²) >= 11 is 0. The van der Waals surface area contributed by atoms with Crippen LogP contribution in [0, 0.1) is 11.3 Å². The molecule has 15 nitrogen and oxygen atoms in total. The van der Waals surface area contributed by atoms with Gasteiger partial charge < -0.3 is 25.5 Å². The van der Waals surface area contributed by atoms with Crippen molar-refractivity contribution in [3.63, 3.8) is 0 Å². The number of anilines is 4. The first kappa shape index (κ1) is 35.8. The quantitative estimate of drug-likeness (QED) is 0.133. The van der Waals surface area contributed by atoms with Gasteiger partial charge in [0.05, 0.1) is 46.4 Å². The zero-order chi connectivity index (χ0) is 38.5. The Morgan fingerprint density at radius 2 is 1.16 bits per heavy atom. The third-order valence-electron chi connectivity index (χ3n) is 8.66. The third-order valence-corrected chi connectivity index (χ3v) is 8.66. The smallest absolute Gasteiger partial charge is 0.248 e. The fourth-order valence-corrected chi connectivity index (χ4v) is 6.05. The van der Waals surface area contributed by atoms with Gasteiger partial charge in [0.1, 0.15) is 11.6 Å². The SMILES string of the molecule is CC(C)n1cc(-c2ccnc(Nc3cc(C#N)ccn3)n2)c2ccncc21.CC(C)n1cc(-c2ccnc(Nc3cc(C(N)=O)ccn3)n2)c2ccncc21. The number of carbonyl (C=O) groups is 1. The van der Waals surface area contributed by atoms with E-state index in [4.69, 9.17) is 11.0 Å². The molecule has 55 heavy (non-hydrogen) atoms. The Hall–Kier alpha value is -7.60. The van der Waals surface area contributed by atoms with E-state index >= 15 is 0 Å². The Kier molecular flexibility index (Phi) is 10.1. The van der Waals surface area contributed by atoms with Gasteiger partial charge >= 0.3 is 0 Å². The molecule has 0 saturated carbocycles. The fraction of sp³-hybridized carbons (Fsp3) is 0.150. The lowest BCUT2D eigenvalue weighted by atomic mass is 10.1. The van der Waals surface area contributed by atoms with Crippen molar-refractivity contribution < 1.29 is 4.79 Å². The maximum absolute atomic E-state index is 11.4. The maximum atomic E-state index is 11.4. The minimum atomic E-state index is -0.518. The second-order valence-electron chi connectivity index (χ2n) is 13.0. The summed E-state index contributed by atoms with van der Waals surface area (Å²) in [6, 6.07) is 16.8. The van der Waals surface area contributed by atoms with Crippen molar-refractivity contribution in [1.82, 2.24) is 49.0 Å². The van der Waals surface area contributed by atoms with Crippen molar-refractivity contribution in [3.05, 3.63) is 122 Å². The van der Waals surface area contributed by atoms with E-state index in [1.165, 1.54) is 6.20 Å². The molecule has 8 heterocycles. The first-order valence-electron chi connectivity index (χ1n) is 17.4. The first-order valence-corrected chi connectivity index (χ1v) is 17.4. The summed E-state index contributed by atoms with van der Waals surface area (Å²) in [5.41, 5.74) is 11.9. The second-order valence-corrected chi connectivity index (χ2v) is 13.0. The van der Waals surface area contributed by atoms with E-state index in [1.54, 1.807) is 55.2 Å². The van der Waals surface area contributed by atoms with Crippen LogP contribution in [0.5, 0.6) is 0 Å². The van der Waals surface area contributed by atoms with Crippen LogP contribution < -0.4 is 16.4 Å². The highest BCUT2D eigenvalue weighted by atomic mass is 16.1. The molecule has 272 valence electrons. The van der Waals surface area contributed by atoms with Crippen molar-refractivity contribution >= 4 is 51.2 Å². The number of carbonyl (C=O) groups excluding carboxylic acids is 1. The number of fused-ring (bicyclic) bond motifs is 2. The van der Waals surface area contributed by atoms with Crippen LogP contribution in [0.4, 0.5) is 23.5 Å².